The fourth-order valence-corrected chi connectivity index (χ4v) is 3.89. The van der Waals surface area contributed by atoms with Gasteiger partial charge in [-0.15, -0.1) is 11.3 Å². The zero-order valence-electron chi connectivity index (χ0n) is 9.33. The lowest BCUT2D eigenvalue weighted by Gasteiger charge is -2.09. The van der Waals surface area contributed by atoms with Crippen LogP contribution in [0.1, 0.15) is 10.4 Å². The Kier molecular flexibility index (Phi) is 3.93. The first-order valence-electron chi connectivity index (χ1n) is 4.99. The predicted molar refractivity (Wildman–Crippen MR) is 76.2 cm³/mol. The third-order valence-corrected chi connectivity index (χ3v) is 5.67. The number of thiophene rings is 1. The maximum absolute atomic E-state index is 12.0. The Labute approximate surface area is 122 Å². The highest BCUT2D eigenvalue weighted by molar-refractivity contribution is 9.10. The molecule has 0 aliphatic rings. The van der Waals surface area contributed by atoms with Gasteiger partial charge >= 0.3 is 5.97 Å². The van der Waals surface area contributed by atoms with Crippen LogP contribution in [0.25, 0.3) is 0 Å². The Balaban J connectivity index is 2.39. The topological polar surface area (TPSA) is 83.5 Å². The van der Waals surface area contributed by atoms with Gasteiger partial charge in [-0.3, -0.25) is 4.72 Å². The van der Waals surface area contributed by atoms with E-state index < -0.39 is 16.0 Å². The summed E-state index contributed by atoms with van der Waals surface area (Å²) in [5.74, 6) is -1.12. The second kappa shape index (κ2) is 5.32. The average molecular weight is 362 g/mol. The molecule has 0 saturated heterocycles. The summed E-state index contributed by atoms with van der Waals surface area (Å²) in [5, 5.41) is 10.5. The minimum atomic E-state index is -3.69. The van der Waals surface area contributed by atoms with Crippen molar-refractivity contribution in [1.82, 2.24) is 0 Å². The molecule has 0 aliphatic carbocycles. The molecule has 1 heterocycles. The smallest absolute Gasteiger partial charge is 0.335 e. The molecule has 1 aromatic carbocycles. The molecule has 0 bridgehead atoms. The van der Waals surface area contributed by atoms with Crippen LogP contribution < -0.4 is 4.72 Å². The molecule has 2 rings (SSSR count). The van der Waals surface area contributed by atoms with Gasteiger partial charge < -0.3 is 5.11 Å². The summed E-state index contributed by atoms with van der Waals surface area (Å²) in [4.78, 5) is 10.9. The Morgan fingerprint density at radius 1 is 1.32 bits per heavy atom. The maximum atomic E-state index is 12.0. The number of benzene rings is 1. The molecule has 0 fully saturated rings. The van der Waals surface area contributed by atoms with Gasteiger partial charge in [0.2, 0.25) is 0 Å². The van der Waals surface area contributed by atoms with Gasteiger partial charge in [0.25, 0.3) is 10.0 Å². The van der Waals surface area contributed by atoms with Crippen molar-refractivity contribution in [2.24, 2.45) is 0 Å². The molecule has 19 heavy (non-hydrogen) atoms. The van der Waals surface area contributed by atoms with E-state index in [0.717, 1.165) is 11.3 Å². The van der Waals surface area contributed by atoms with Crippen molar-refractivity contribution in [2.45, 2.75) is 4.21 Å². The number of anilines is 1. The number of hydrogen-bond donors (Lipinski definition) is 2. The van der Waals surface area contributed by atoms with Gasteiger partial charge in [0, 0.05) is 4.47 Å². The number of carboxylic acid groups (broad SMARTS) is 1. The minimum Gasteiger partial charge on any atom is -0.478 e. The van der Waals surface area contributed by atoms with E-state index in [1.165, 1.54) is 24.3 Å². The third-order valence-electron chi connectivity index (χ3n) is 2.22. The fraction of sp³-hybridized carbons (Fsp3) is 0. The van der Waals surface area contributed by atoms with Crippen LogP contribution in [0.4, 0.5) is 5.69 Å². The number of aromatic carboxylic acids is 1. The molecule has 1 aromatic heterocycles. The summed E-state index contributed by atoms with van der Waals surface area (Å²) in [6, 6.07) is 7.23. The molecule has 5 nitrogen and oxygen atoms in total. The van der Waals surface area contributed by atoms with Crippen molar-refractivity contribution in [3.63, 3.8) is 0 Å². The molecule has 0 spiro atoms. The van der Waals surface area contributed by atoms with Gasteiger partial charge in [-0.25, -0.2) is 13.2 Å². The number of carboxylic acids is 1. The lowest BCUT2D eigenvalue weighted by molar-refractivity contribution is 0.0697. The number of carbonyl (C=O) groups is 1. The number of halogens is 1. The van der Waals surface area contributed by atoms with Gasteiger partial charge in [-0.2, -0.15) is 0 Å². The highest BCUT2D eigenvalue weighted by Gasteiger charge is 2.17. The SMILES string of the molecule is O=C(O)c1ccc(Br)c(NS(=O)(=O)c2cccs2)c1. The van der Waals surface area contributed by atoms with Crippen LogP contribution in [-0.2, 0) is 10.0 Å². The van der Waals surface area contributed by atoms with Crippen LogP contribution in [0.15, 0.2) is 44.4 Å². The predicted octanol–water partition coefficient (Wildman–Crippen LogP) is 3.01. The van der Waals surface area contributed by atoms with Crippen LogP contribution >= 0.6 is 27.3 Å². The summed E-state index contributed by atoms with van der Waals surface area (Å²) in [5.41, 5.74) is 0.195. The van der Waals surface area contributed by atoms with Crippen molar-refractivity contribution in [3.8, 4) is 0 Å². The molecule has 0 atom stereocenters. The van der Waals surface area contributed by atoms with E-state index in [1.54, 1.807) is 11.4 Å². The van der Waals surface area contributed by atoms with E-state index in [-0.39, 0.29) is 15.5 Å². The molecule has 2 aromatic rings. The van der Waals surface area contributed by atoms with E-state index >= 15 is 0 Å². The lowest BCUT2D eigenvalue weighted by Crippen LogP contribution is -2.12. The fourth-order valence-electron chi connectivity index (χ4n) is 1.35. The van der Waals surface area contributed by atoms with E-state index in [4.69, 9.17) is 5.11 Å². The largest absolute Gasteiger partial charge is 0.478 e. The van der Waals surface area contributed by atoms with Crippen LogP contribution in [-0.4, -0.2) is 19.5 Å². The zero-order chi connectivity index (χ0) is 14.0. The van der Waals surface area contributed by atoms with Crippen molar-refractivity contribution in [3.05, 3.63) is 45.7 Å². The number of sulfonamides is 1. The van der Waals surface area contributed by atoms with Crippen molar-refractivity contribution in [1.29, 1.82) is 0 Å². The summed E-state index contributed by atoms with van der Waals surface area (Å²) in [6.45, 7) is 0. The first-order chi connectivity index (χ1) is 8.90. The van der Waals surface area contributed by atoms with Crippen LogP contribution in [0.3, 0.4) is 0 Å². The quantitative estimate of drug-likeness (QED) is 0.876. The van der Waals surface area contributed by atoms with Gasteiger partial charge in [-0.05, 0) is 45.6 Å². The minimum absolute atomic E-state index is 0.00656. The van der Waals surface area contributed by atoms with E-state index in [0.29, 0.717) is 4.47 Å². The molecule has 8 heteroatoms. The second-order valence-electron chi connectivity index (χ2n) is 3.54. The van der Waals surface area contributed by atoms with Crippen LogP contribution in [0.2, 0.25) is 0 Å². The number of hydrogen-bond acceptors (Lipinski definition) is 4. The first kappa shape index (κ1) is 14.0. The van der Waals surface area contributed by atoms with Crippen molar-refractivity contribution in [2.75, 3.05) is 4.72 Å². The molecule has 100 valence electrons. The highest BCUT2D eigenvalue weighted by Crippen LogP contribution is 2.27. The first-order valence-corrected chi connectivity index (χ1v) is 8.15. The molecule has 0 unspecified atom stereocenters. The normalized spacial score (nSPS) is 11.2. The standard InChI is InChI=1S/C11H8BrNO4S2/c12-8-4-3-7(11(14)15)6-9(8)13-19(16,17)10-2-1-5-18-10/h1-6,13H,(H,14,15). The summed E-state index contributed by atoms with van der Waals surface area (Å²) < 4.78 is 27.0. The van der Waals surface area contributed by atoms with E-state index in [2.05, 4.69) is 20.7 Å². The van der Waals surface area contributed by atoms with Gasteiger partial charge in [0.05, 0.1) is 11.3 Å². The lowest BCUT2D eigenvalue weighted by atomic mass is 10.2. The third kappa shape index (κ3) is 3.14. The van der Waals surface area contributed by atoms with Crippen molar-refractivity contribution >= 4 is 48.9 Å². The summed E-state index contributed by atoms with van der Waals surface area (Å²) >= 11 is 4.26. The molecular weight excluding hydrogens is 354 g/mol. The Bertz CT molecular complexity index is 710. The second-order valence-corrected chi connectivity index (χ2v) is 7.25. The van der Waals surface area contributed by atoms with Gasteiger partial charge in [0.1, 0.15) is 4.21 Å². The monoisotopic (exact) mass is 361 g/mol. The van der Waals surface area contributed by atoms with Gasteiger partial charge in [0.15, 0.2) is 0 Å². The summed E-state index contributed by atoms with van der Waals surface area (Å²) in [7, 11) is -3.69. The summed E-state index contributed by atoms with van der Waals surface area (Å²) in [6.07, 6.45) is 0. The van der Waals surface area contributed by atoms with E-state index in [9.17, 15) is 13.2 Å². The molecule has 0 saturated carbocycles. The Morgan fingerprint density at radius 2 is 2.05 bits per heavy atom. The Morgan fingerprint density at radius 3 is 2.63 bits per heavy atom. The molecular formula is C11H8BrNO4S2. The van der Waals surface area contributed by atoms with E-state index in [1.807, 2.05) is 0 Å². The highest BCUT2D eigenvalue weighted by atomic mass is 79.9. The maximum Gasteiger partial charge on any atom is 0.335 e. The molecule has 0 radical (unpaired) electrons. The average Bonchev–Trinajstić information content (AvgIpc) is 2.85. The molecule has 0 amide bonds. The van der Waals surface area contributed by atoms with Gasteiger partial charge in [-0.1, -0.05) is 6.07 Å². The number of rotatable bonds is 4. The molecule has 2 N–H and O–H groups in total. The molecule has 0 aliphatic heterocycles. The van der Waals surface area contributed by atoms with Crippen LogP contribution in [0, 0.1) is 0 Å². The zero-order valence-corrected chi connectivity index (χ0v) is 12.5. The number of nitrogens with one attached hydrogen (secondary N) is 1. The van der Waals surface area contributed by atoms with Crippen LogP contribution in [0.5, 0.6) is 0 Å². The van der Waals surface area contributed by atoms with Crippen molar-refractivity contribution < 1.29 is 18.3 Å². The Hall–Kier alpha value is -1.38.